The summed E-state index contributed by atoms with van der Waals surface area (Å²) in [5, 5.41) is 7.75. The van der Waals surface area contributed by atoms with E-state index in [2.05, 4.69) is 15.2 Å². The van der Waals surface area contributed by atoms with Gasteiger partial charge in [0.25, 0.3) is 5.91 Å². The zero-order chi connectivity index (χ0) is 12.5. The summed E-state index contributed by atoms with van der Waals surface area (Å²) in [4.78, 5) is 18.1. The predicted molar refractivity (Wildman–Crippen MR) is 64.0 cm³/mol. The largest absolute Gasteiger partial charge is 0.332 e. The van der Waals surface area contributed by atoms with E-state index >= 15 is 0 Å². The van der Waals surface area contributed by atoms with Crippen molar-refractivity contribution in [2.45, 2.75) is 13.1 Å². The molecule has 0 aromatic carbocycles. The zero-order valence-electron chi connectivity index (χ0n) is 9.45. The summed E-state index contributed by atoms with van der Waals surface area (Å²) in [6.07, 6.45) is 3.66. The van der Waals surface area contributed by atoms with Gasteiger partial charge in [0, 0.05) is 25.5 Å². The van der Waals surface area contributed by atoms with Crippen LogP contribution in [0.4, 0.5) is 0 Å². The van der Waals surface area contributed by atoms with Crippen LogP contribution in [0.5, 0.6) is 0 Å². The summed E-state index contributed by atoms with van der Waals surface area (Å²) in [7, 11) is 0. The third-order valence-corrected chi connectivity index (χ3v) is 3.08. The van der Waals surface area contributed by atoms with Gasteiger partial charge in [-0.15, -0.1) is 10.2 Å². The molecular formula is C11H10ClN5O. The SMILES string of the molecule is O=C(c1ccc(Cl)nn1)N1CCn2ccnc2C1. The highest BCUT2D eigenvalue weighted by Gasteiger charge is 2.23. The first kappa shape index (κ1) is 11.2. The van der Waals surface area contributed by atoms with E-state index in [0.29, 0.717) is 18.8 Å². The zero-order valence-corrected chi connectivity index (χ0v) is 10.2. The van der Waals surface area contributed by atoms with Crippen LogP contribution in [-0.4, -0.2) is 37.1 Å². The Morgan fingerprint density at radius 2 is 2.17 bits per heavy atom. The lowest BCUT2D eigenvalue weighted by molar-refractivity contribution is 0.0700. The minimum Gasteiger partial charge on any atom is -0.332 e. The molecule has 0 spiro atoms. The molecule has 0 radical (unpaired) electrons. The molecule has 0 saturated carbocycles. The molecule has 0 saturated heterocycles. The lowest BCUT2D eigenvalue weighted by atomic mass is 10.3. The second-order valence-electron chi connectivity index (χ2n) is 4.00. The number of rotatable bonds is 1. The fourth-order valence-electron chi connectivity index (χ4n) is 1.94. The quantitative estimate of drug-likeness (QED) is 0.769. The van der Waals surface area contributed by atoms with Crippen molar-refractivity contribution < 1.29 is 4.79 Å². The van der Waals surface area contributed by atoms with Crippen molar-refractivity contribution in [3.8, 4) is 0 Å². The molecule has 0 fully saturated rings. The van der Waals surface area contributed by atoms with E-state index in [0.717, 1.165) is 12.4 Å². The minimum absolute atomic E-state index is 0.145. The number of imidazole rings is 1. The van der Waals surface area contributed by atoms with E-state index in [-0.39, 0.29) is 11.1 Å². The van der Waals surface area contributed by atoms with Crippen molar-refractivity contribution in [1.82, 2.24) is 24.6 Å². The summed E-state index contributed by atoms with van der Waals surface area (Å²) in [6, 6.07) is 3.14. The molecule has 0 unspecified atom stereocenters. The first-order valence-electron chi connectivity index (χ1n) is 5.52. The third kappa shape index (κ3) is 1.95. The molecule has 3 heterocycles. The van der Waals surface area contributed by atoms with Crippen LogP contribution >= 0.6 is 11.6 Å². The topological polar surface area (TPSA) is 63.9 Å². The molecule has 92 valence electrons. The van der Waals surface area contributed by atoms with Crippen LogP contribution in [0.3, 0.4) is 0 Å². The van der Waals surface area contributed by atoms with E-state index in [1.165, 1.54) is 0 Å². The Bertz CT molecular complexity index is 579. The summed E-state index contributed by atoms with van der Waals surface area (Å²) in [5.41, 5.74) is 0.305. The Morgan fingerprint density at radius 3 is 2.94 bits per heavy atom. The molecule has 0 N–H and O–H groups in total. The molecule has 2 aromatic heterocycles. The smallest absolute Gasteiger partial charge is 0.274 e. The molecule has 0 bridgehead atoms. The number of hydrogen-bond donors (Lipinski definition) is 0. The Labute approximate surface area is 108 Å². The van der Waals surface area contributed by atoms with Gasteiger partial charge in [-0.1, -0.05) is 11.6 Å². The number of hydrogen-bond acceptors (Lipinski definition) is 4. The van der Waals surface area contributed by atoms with Gasteiger partial charge in [0.2, 0.25) is 0 Å². The number of amides is 1. The summed E-state index contributed by atoms with van der Waals surface area (Å²) in [5.74, 6) is 0.741. The third-order valence-electron chi connectivity index (χ3n) is 2.88. The maximum Gasteiger partial charge on any atom is 0.274 e. The molecule has 6 nitrogen and oxygen atoms in total. The lowest BCUT2D eigenvalue weighted by Gasteiger charge is -2.27. The van der Waals surface area contributed by atoms with E-state index in [4.69, 9.17) is 11.6 Å². The second-order valence-corrected chi connectivity index (χ2v) is 4.39. The molecule has 3 rings (SSSR count). The highest BCUT2D eigenvalue weighted by atomic mass is 35.5. The molecule has 7 heteroatoms. The van der Waals surface area contributed by atoms with Gasteiger partial charge < -0.3 is 9.47 Å². The first-order valence-corrected chi connectivity index (χ1v) is 5.90. The van der Waals surface area contributed by atoms with E-state index in [1.54, 1.807) is 23.2 Å². The van der Waals surface area contributed by atoms with Crippen LogP contribution in [0.15, 0.2) is 24.5 Å². The van der Waals surface area contributed by atoms with Crippen LogP contribution in [0, 0.1) is 0 Å². The molecular weight excluding hydrogens is 254 g/mol. The van der Waals surface area contributed by atoms with Crippen molar-refractivity contribution in [2.75, 3.05) is 6.54 Å². The fraction of sp³-hybridized carbons (Fsp3) is 0.273. The van der Waals surface area contributed by atoms with Gasteiger partial charge in [-0.3, -0.25) is 4.79 Å². The fourth-order valence-corrected chi connectivity index (χ4v) is 2.04. The van der Waals surface area contributed by atoms with Crippen molar-refractivity contribution in [3.63, 3.8) is 0 Å². The van der Waals surface area contributed by atoms with Gasteiger partial charge in [0.15, 0.2) is 10.8 Å². The number of carbonyl (C=O) groups is 1. The molecule has 1 aliphatic rings. The average Bonchev–Trinajstić information content (AvgIpc) is 2.86. The molecule has 0 atom stereocenters. The average molecular weight is 264 g/mol. The standard InChI is InChI=1S/C11H10ClN5O/c12-9-2-1-8(14-15-9)11(18)17-6-5-16-4-3-13-10(16)7-17/h1-4H,5-7H2. The van der Waals surface area contributed by atoms with Crippen molar-refractivity contribution in [1.29, 1.82) is 0 Å². The number of nitrogens with zero attached hydrogens (tertiary/aromatic N) is 5. The van der Waals surface area contributed by atoms with Crippen molar-refractivity contribution in [2.24, 2.45) is 0 Å². The molecule has 2 aromatic rings. The monoisotopic (exact) mass is 263 g/mol. The highest BCUT2D eigenvalue weighted by Crippen LogP contribution is 2.13. The Hall–Kier alpha value is -1.95. The second kappa shape index (κ2) is 4.38. The summed E-state index contributed by atoms with van der Waals surface area (Å²) < 4.78 is 2.04. The first-order chi connectivity index (χ1) is 8.74. The lowest BCUT2D eigenvalue weighted by Crippen LogP contribution is -2.38. The minimum atomic E-state index is -0.145. The van der Waals surface area contributed by atoms with Gasteiger partial charge in [-0.05, 0) is 12.1 Å². The highest BCUT2D eigenvalue weighted by molar-refractivity contribution is 6.29. The van der Waals surface area contributed by atoms with E-state index in [9.17, 15) is 4.79 Å². The summed E-state index contributed by atoms with van der Waals surface area (Å²) in [6.45, 7) is 1.89. The normalized spacial score (nSPS) is 14.4. The van der Waals surface area contributed by atoms with Crippen LogP contribution < -0.4 is 0 Å². The van der Waals surface area contributed by atoms with Crippen LogP contribution in [0.1, 0.15) is 16.3 Å². The van der Waals surface area contributed by atoms with Gasteiger partial charge in [0.05, 0.1) is 6.54 Å². The molecule has 18 heavy (non-hydrogen) atoms. The van der Waals surface area contributed by atoms with E-state index < -0.39 is 0 Å². The Balaban J connectivity index is 1.80. The molecule has 1 aliphatic heterocycles. The molecule has 0 aliphatic carbocycles. The van der Waals surface area contributed by atoms with Gasteiger partial charge >= 0.3 is 0 Å². The maximum atomic E-state index is 12.2. The Morgan fingerprint density at radius 1 is 1.28 bits per heavy atom. The number of fused-ring (bicyclic) bond motifs is 1. The van der Waals surface area contributed by atoms with Gasteiger partial charge in [0.1, 0.15) is 5.82 Å². The van der Waals surface area contributed by atoms with Crippen LogP contribution in [0.2, 0.25) is 5.15 Å². The number of aromatic nitrogens is 4. The summed E-state index contributed by atoms with van der Waals surface area (Å²) >= 11 is 5.64. The van der Waals surface area contributed by atoms with Crippen molar-refractivity contribution >= 4 is 17.5 Å². The van der Waals surface area contributed by atoms with Crippen molar-refractivity contribution in [3.05, 3.63) is 41.2 Å². The maximum absolute atomic E-state index is 12.2. The number of halogens is 1. The van der Waals surface area contributed by atoms with Crippen LogP contribution in [0.25, 0.3) is 0 Å². The predicted octanol–water partition coefficient (Wildman–Crippen LogP) is 0.982. The Kier molecular flexibility index (Phi) is 2.71. The van der Waals surface area contributed by atoms with Gasteiger partial charge in [-0.2, -0.15) is 0 Å². The van der Waals surface area contributed by atoms with Gasteiger partial charge in [-0.25, -0.2) is 4.98 Å². The number of carbonyl (C=O) groups excluding carboxylic acids is 1. The van der Waals surface area contributed by atoms with E-state index in [1.807, 2.05) is 10.8 Å². The van der Waals surface area contributed by atoms with Crippen LogP contribution in [-0.2, 0) is 13.1 Å². The molecule has 1 amide bonds.